The third-order valence-electron chi connectivity index (χ3n) is 2.83. The number of carbonyl (C=O) groups excluding carboxylic acids is 2. The zero-order valence-corrected chi connectivity index (χ0v) is 12.6. The van der Waals surface area contributed by atoms with Crippen molar-refractivity contribution in [2.24, 2.45) is 5.73 Å². The van der Waals surface area contributed by atoms with Crippen molar-refractivity contribution in [3.8, 4) is 0 Å². The van der Waals surface area contributed by atoms with Crippen LogP contribution < -0.4 is 11.1 Å². The number of hydrogen-bond acceptors (Lipinski definition) is 4. The minimum Gasteiger partial charge on any atom is -0.480 e. The molecule has 0 unspecified atom stereocenters. The van der Waals surface area contributed by atoms with Gasteiger partial charge in [-0.1, -0.05) is 24.3 Å². The minimum absolute atomic E-state index is 0. The molecule has 0 heterocycles. The third-order valence-corrected chi connectivity index (χ3v) is 2.83. The predicted octanol–water partition coefficient (Wildman–Crippen LogP) is 0.770. The van der Waals surface area contributed by atoms with Gasteiger partial charge in [0.1, 0.15) is 6.04 Å². The summed E-state index contributed by atoms with van der Waals surface area (Å²) in [6.45, 7) is 2.94. The zero-order chi connectivity index (χ0) is 15.3. The second-order valence-corrected chi connectivity index (χ2v) is 4.65. The summed E-state index contributed by atoms with van der Waals surface area (Å²) < 4.78 is 0. The van der Waals surface area contributed by atoms with Gasteiger partial charge in [0.15, 0.2) is 5.78 Å². The SMILES string of the molecule is CC(=O)c1ccc(C[C@H](NC(=O)[C@H](C)N)C(=O)O)cc1.Cl. The number of carbonyl (C=O) groups is 3. The highest BCUT2D eigenvalue weighted by molar-refractivity contribution is 5.94. The Morgan fingerprint density at radius 3 is 2.14 bits per heavy atom. The summed E-state index contributed by atoms with van der Waals surface area (Å²) in [6.07, 6.45) is 0.131. The lowest BCUT2D eigenvalue weighted by Crippen LogP contribution is -2.48. The van der Waals surface area contributed by atoms with E-state index in [1.807, 2.05) is 0 Å². The highest BCUT2D eigenvalue weighted by Gasteiger charge is 2.21. The number of hydrogen-bond donors (Lipinski definition) is 3. The second kappa shape index (κ2) is 8.39. The van der Waals surface area contributed by atoms with E-state index in [1.165, 1.54) is 13.8 Å². The molecule has 0 aliphatic heterocycles. The molecule has 0 fully saturated rings. The molecule has 6 nitrogen and oxygen atoms in total. The van der Waals surface area contributed by atoms with E-state index in [0.717, 1.165) is 0 Å². The van der Waals surface area contributed by atoms with Gasteiger partial charge in [-0.05, 0) is 19.4 Å². The number of ketones is 1. The zero-order valence-electron chi connectivity index (χ0n) is 11.8. The molecule has 1 rings (SSSR count). The van der Waals surface area contributed by atoms with Gasteiger partial charge in [0.25, 0.3) is 0 Å². The fraction of sp³-hybridized carbons (Fsp3) is 0.357. The first-order valence-corrected chi connectivity index (χ1v) is 6.20. The van der Waals surface area contributed by atoms with Gasteiger partial charge >= 0.3 is 5.97 Å². The van der Waals surface area contributed by atoms with E-state index < -0.39 is 24.0 Å². The van der Waals surface area contributed by atoms with Crippen molar-refractivity contribution in [1.82, 2.24) is 5.32 Å². The molecule has 0 radical (unpaired) electrons. The first-order chi connectivity index (χ1) is 9.31. The van der Waals surface area contributed by atoms with Gasteiger partial charge in [0, 0.05) is 12.0 Å². The largest absolute Gasteiger partial charge is 0.480 e. The molecule has 21 heavy (non-hydrogen) atoms. The van der Waals surface area contributed by atoms with Crippen LogP contribution in [0.3, 0.4) is 0 Å². The van der Waals surface area contributed by atoms with Gasteiger partial charge in [-0.3, -0.25) is 9.59 Å². The van der Waals surface area contributed by atoms with Gasteiger partial charge < -0.3 is 16.2 Å². The fourth-order valence-corrected chi connectivity index (χ4v) is 1.61. The van der Waals surface area contributed by atoms with Crippen LogP contribution in [0.4, 0.5) is 0 Å². The second-order valence-electron chi connectivity index (χ2n) is 4.65. The number of carboxylic acids is 1. The smallest absolute Gasteiger partial charge is 0.326 e. The van der Waals surface area contributed by atoms with Crippen LogP contribution in [0.15, 0.2) is 24.3 Å². The molecule has 1 aromatic carbocycles. The minimum atomic E-state index is -1.13. The Balaban J connectivity index is 0.00000400. The highest BCUT2D eigenvalue weighted by Crippen LogP contribution is 2.08. The molecule has 0 saturated carbocycles. The van der Waals surface area contributed by atoms with Crippen LogP contribution >= 0.6 is 12.4 Å². The van der Waals surface area contributed by atoms with Crippen molar-refractivity contribution >= 4 is 30.1 Å². The molecule has 4 N–H and O–H groups in total. The maximum Gasteiger partial charge on any atom is 0.326 e. The Kier molecular flexibility index (Phi) is 7.62. The van der Waals surface area contributed by atoms with Crippen LogP contribution in [-0.4, -0.2) is 34.8 Å². The summed E-state index contributed by atoms with van der Waals surface area (Å²) in [5, 5.41) is 11.5. The molecule has 0 aliphatic rings. The van der Waals surface area contributed by atoms with Gasteiger partial charge in [-0.2, -0.15) is 0 Å². The van der Waals surface area contributed by atoms with Crippen LogP contribution in [0.25, 0.3) is 0 Å². The van der Waals surface area contributed by atoms with Crippen molar-refractivity contribution < 1.29 is 19.5 Å². The number of amides is 1. The molecule has 0 bridgehead atoms. The Labute approximate surface area is 129 Å². The molecule has 0 aromatic heterocycles. The standard InChI is InChI=1S/C14H18N2O4.ClH/c1-8(15)13(18)16-12(14(19)20)7-10-3-5-11(6-4-10)9(2)17;/h3-6,8,12H,7,15H2,1-2H3,(H,16,18)(H,19,20);1H/t8-,12-;/m0./s1. The number of nitrogens with two attached hydrogens (primary N) is 1. The summed E-state index contributed by atoms with van der Waals surface area (Å²) in [7, 11) is 0. The van der Waals surface area contributed by atoms with Crippen molar-refractivity contribution in [3.05, 3.63) is 35.4 Å². The number of halogens is 1. The maximum absolute atomic E-state index is 11.4. The topological polar surface area (TPSA) is 109 Å². The van der Waals surface area contributed by atoms with E-state index in [9.17, 15) is 14.4 Å². The summed E-state index contributed by atoms with van der Waals surface area (Å²) >= 11 is 0. The van der Waals surface area contributed by atoms with Crippen LogP contribution in [0, 0.1) is 0 Å². The third kappa shape index (κ3) is 5.93. The predicted molar refractivity (Wildman–Crippen MR) is 80.6 cm³/mol. The monoisotopic (exact) mass is 314 g/mol. The lowest BCUT2D eigenvalue weighted by molar-refractivity contribution is -0.141. The van der Waals surface area contributed by atoms with Gasteiger partial charge in [0.05, 0.1) is 6.04 Å². The number of rotatable bonds is 6. The van der Waals surface area contributed by atoms with Crippen molar-refractivity contribution in [1.29, 1.82) is 0 Å². The number of benzene rings is 1. The molecule has 2 atom stereocenters. The Hall–Kier alpha value is -1.92. The molecule has 1 amide bonds. The van der Waals surface area contributed by atoms with Crippen LogP contribution in [-0.2, 0) is 16.0 Å². The van der Waals surface area contributed by atoms with E-state index in [-0.39, 0.29) is 24.6 Å². The quantitative estimate of drug-likeness (QED) is 0.672. The van der Waals surface area contributed by atoms with Crippen molar-refractivity contribution in [2.75, 3.05) is 0 Å². The van der Waals surface area contributed by atoms with Crippen molar-refractivity contribution in [2.45, 2.75) is 32.4 Å². The van der Waals surface area contributed by atoms with E-state index in [2.05, 4.69) is 5.32 Å². The molecule has 0 saturated heterocycles. The van der Waals surface area contributed by atoms with Crippen LogP contribution in [0.1, 0.15) is 29.8 Å². The lowest BCUT2D eigenvalue weighted by atomic mass is 10.0. The van der Waals surface area contributed by atoms with Gasteiger partial charge in [-0.25, -0.2) is 4.79 Å². The number of carboxylic acid groups (broad SMARTS) is 1. The summed E-state index contributed by atoms with van der Waals surface area (Å²) in [6, 6.07) is 4.79. The number of nitrogens with one attached hydrogen (secondary N) is 1. The van der Waals surface area contributed by atoms with Crippen LogP contribution in [0.5, 0.6) is 0 Å². The Morgan fingerprint density at radius 2 is 1.76 bits per heavy atom. The Bertz CT molecular complexity index is 514. The van der Waals surface area contributed by atoms with Crippen molar-refractivity contribution in [3.63, 3.8) is 0 Å². The average molecular weight is 315 g/mol. The first-order valence-electron chi connectivity index (χ1n) is 6.20. The van der Waals surface area contributed by atoms with E-state index in [0.29, 0.717) is 11.1 Å². The maximum atomic E-state index is 11.4. The lowest BCUT2D eigenvalue weighted by Gasteiger charge is -2.16. The molecule has 0 spiro atoms. The molecular formula is C14H19ClN2O4. The van der Waals surface area contributed by atoms with E-state index in [1.54, 1.807) is 24.3 Å². The number of Topliss-reactive ketones (excluding diaryl/α,β-unsaturated/α-hetero) is 1. The highest BCUT2D eigenvalue weighted by atomic mass is 35.5. The molecule has 116 valence electrons. The average Bonchev–Trinajstić information content (AvgIpc) is 2.38. The normalized spacial score (nSPS) is 12.7. The van der Waals surface area contributed by atoms with E-state index >= 15 is 0 Å². The molecular weight excluding hydrogens is 296 g/mol. The van der Waals surface area contributed by atoms with Crippen LogP contribution in [0.2, 0.25) is 0 Å². The first kappa shape index (κ1) is 19.1. The number of aliphatic carboxylic acids is 1. The van der Waals surface area contributed by atoms with E-state index in [4.69, 9.17) is 10.8 Å². The summed E-state index contributed by atoms with van der Waals surface area (Å²) in [5.41, 5.74) is 6.66. The van der Waals surface area contributed by atoms with Gasteiger partial charge in [-0.15, -0.1) is 12.4 Å². The fourth-order valence-electron chi connectivity index (χ4n) is 1.61. The molecule has 1 aromatic rings. The molecule has 0 aliphatic carbocycles. The van der Waals surface area contributed by atoms with Gasteiger partial charge in [0.2, 0.25) is 5.91 Å². The Morgan fingerprint density at radius 1 is 1.24 bits per heavy atom. The summed E-state index contributed by atoms with van der Waals surface area (Å²) in [5.74, 6) is -1.70. The summed E-state index contributed by atoms with van der Waals surface area (Å²) in [4.78, 5) is 33.7. The molecule has 7 heteroatoms.